The number of esters is 1. The summed E-state index contributed by atoms with van der Waals surface area (Å²) in [4.78, 5) is 15.7. The highest BCUT2D eigenvalue weighted by Crippen LogP contribution is 2.11. The van der Waals surface area contributed by atoms with Gasteiger partial charge in [0.05, 0.1) is 24.8 Å². The van der Waals surface area contributed by atoms with E-state index >= 15 is 0 Å². The first-order valence-corrected chi connectivity index (χ1v) is 6.57. The van der Waals surface area contributed by atoms with Crippen LogP contribution in [0.25, 0.3) is 6.08 Å². The van der Waals surface area contributed by atoms with E-state index in [1.165, 1.54) is 6.08 Å². The second kappa shape index (κ2) is 7.06. The van der Waals surface area contributed by atoms with Crippen LogP contribution in [0.1, 0.15) is 18.2 Å². The van der Waals surface area contributed by atoms with Gasteiger partial charge in [0, 0.05) is 6.54 Å². The van der Waals surface area contributed by atoms with Gasteiger partial charge in [-0.1, -0.05) is 30.3 Å². The molecule has 1 heterocycles. The number of nitrogens with zero attached hydrogens (tertiary/aromatic N) is 3. The Bertz CT molecular complexity index is 681. The molecule has 0 amide bonds. The van der Waals surface area contributed by atoms with Crippen molar-refractivity contribution in [2.24, 2.45) is 0 Å². The number of hydrogen-bond donors (Lipinski definition) is 0. The Balaban J connectivity index is 2.24. The van der Waals surface area contributed by atoms with Crippen molar-refractivity contribution in [3.8, 4) is 6.07 Å². The molecule has 0 atom stereocenters. The van der Waals surface area contributed by atoms with Crippen LogP contribution in [0.4, 0.5) is 0 Å². The lowest BCUT2D eigenvalue weighted by molar-refractivity contribution is -0.137. The van der Waals surface area contributed by atoms with Crippen molar-refractivity contribution >= 4 is 12.0 Å². The Hall–Kier alpha value is -2.87. The van der Waals surface area contributed by atoms with Gasteiger partial charge in [-0.05, 0) is 18.6 Å². The Morgan fingerprint density at radius 2 is 2.19 bits per heavy atom. The molecule has 0 radical (unpaired) electrons. The molecule has 0 bridgehead atoms. The molecule has 5 heteroatoms. The van der Waals surface area contributed by atoms with Crippen molar-refractivity contribution in [1.82, 2.24) is 9.55 Å². The number of nitriles is 1. The summed E-state index contributed by atoms with van der Waals surface area (Å²) in [6.45, 7) is 2.56. The van der Waals surface area contributed by atoms with Crippen molar-refractivity contribution in [2.45, 2.75) is 13.5 Å². The fraction of sp³-hybridized carbons (Fsp3) is 0.188. The molecule has 0 saturated heterocycles. The lowest BCUT2D eigenvalue weighted by atomic mass is 10.2. The highest BCUT2D eigenvalue weighted by molar-refractivity contribution is 5.97. The highest BCUT2D eigenvalue weighted by atomic mass is 16.5. The number of imidazole rings is 1. The second-order valence-corrected chi connectivity index (χ2v) is 4.32. The first-order chi connectivity index (χ1) is 10.2. The minimum absolute atomic E-state index is 0.0355. The third kappa shape index (κ3) is 3.80. The minimum atomic E-state index is -0.618. The van der Waals surface area contributed by atoms with Gasteiger partial charge in [-0.25, -0.2) is 9.78 Å². The first-order valence-electron chi connectivity index (χ1n) is 6.57. The third-order valence-corrected chi connectivity index (χ3v) is 2.85. The number of benzene rings is 1. The predicted octanol–water partition coefficient (Wildman–Crippen LogP) is 2.40. The fourth-order valence-electron chi connectivity index (χ4n) is 1.86. The van der Waals surface area contributed by atoms with Crippen LogP contribution >= 0.6 is 0 Å². The maximum Gasteiger partial charge on any atom is 0.348 e. The van der Waals surface area contributed by atoms with Crippen molar-refractivity contribution in [2.75, 3.05) is 6.61 Å². The number of ether oxygens (including phenoxy) is 1. The zero-order valence-electron chi connectivity index (χ0n) is 11.7. The molecule has 0 saturated carbocycles. The van der Waals surface area contributed by atoms with Crippen molar-refractivity contribution in [3.63, 3.8) is 0 Å². The van der Waals surface area contributed by atoms with Crippen molar-refractivity contribution in [3.05, 3.63) is 59.7 Å². The predicted molar refractivity (Wildman–Crippen MR) is 78.0 cm³/mol. The molecule has 2 rings (SSSR count). The van der Waals surface area contributed by atoms with E-state index < -0.39 is 5.97 Å². The Kier molecular flexibility index (Phi) is 4.89. The molecule has 0 aliphatic heterocycles. The van der Waals surface area contributed by atoms with Crippen LogP contribution in [0.5, 0.6) is 0 Å². The molecular formula is C16H15N3O2. The molecule has 0 spiro atoms. The summed E-state index contributed by atoms with van der Waals surface area (Å²) in [6.07, 6.45) is 4.77. The van der Waals surface area contributed by atoms with Gasteiger partial charge >= 0.3 is 5.97 Å². The molecule has 0 aliphatic carbocycles. The smallest absolute Gasteiger partial charge is 0.348 e. The molecule has 0 aliphatic rings. The van der Waals surface area contributed by atoms with Gasteiger partial charge in [0.25, 0.3) is 0 Å². The van der Waals surface area contributed by atoms with E-state index in [9.17, 15) is 4.79 Å². The standard InChI is InChI=1S/C16H15N3O2/c1-2-21-16(20)14(9-17)8-15-10-18-12-19(15)11-13-6-4-3-5-7-13/h3-8,10,12H,2,11H2,1H3/b14-8+. The van der Waals surface area contributed by atoms with E-state index in [4.69, 9.17) is 10.00 Å². The fourth-order valence-corrected chi connectivity index (χ4v) is 1.86. The SMILES string of the molecule is CCOC(=O)/C(C#N)=C/c1cncn1Cc1ccccc1. The van der Waals surface area contributed by atoms with Crippen LogP contribution in [-0.4, -0.2) is 22.1 Å². The average molecular weight is 281 g/mol. The molecule has 106 valence electrons. The zero-order valence-corrected chi connectivity index (χ0v) is 11.7. The van der Waals surface area contributed by atoms with Gasteiger partial charge in [0.1, 0.15) is 11.6 Å². The quantitative estimate of drug-likeness (QED) is 0.479. The molecule has 0 fully saturated rings. The molecule has 5 nitrogen and oxygen atoms in total. The van der Waals surface area contributed by atoms with Crippen LogP contribution in [-0.2, 0) is 16.1 Å². The summed E-state index contributed by atoms with van der Waals surface area (Å²) in [6, 6.07) is 11.7. The molecule has 0 unspecified atom stereocenters. The summed E-state index contributed by atoms with van der Waals surface area (Å²) in [7, 11) is 0. The molecule has 2 aromatic rings. The number of aromatic nitrogens is 2. The van der Waals surface area contributed by atoms with Crippen LogP contribution in [0.15, 0.2) is 48.4 Å². The highest BCUT2D eigenvalue weighted by Gasteiger charge is 2.11. The van der Waals surface area contributed by atoms with E-state index in [1.807, 2.05) is 41.0 Å². The Labute approximate surface area is 123 Å². The maximum atomic E-state index is 11.6. The second-order valence-electron chi connectivity index (χ2n) is 4.32. The number of carbonyl (C=O) groups is 1. The van der Waals surface area contributed by atoms with Gasteiger partial charge in [-0.3, -0.25) is 0 Å². The van der Waals surface area contributed by atoms with Gasteiger partial charge in [0.15, 0.2) is 0 Å². The summed E-state index contributed by atoms with van der Waals surface area (Å²) in [5.41, 5.74) is 1.76. The van der Waals surface area contributed by atoms with Gasteiger partial charge in [-0.2, -0.15) is 5.26 Å². The molecule has 21 heavy (non-hydrogen) atoms. The lowest BCUT2D eigenvalue weighted by Gasteiger charge is -2.06. The summed E-state index contributed by atoms with van der Waals surface area (Å²) >= 11 is 0. The summed E-state index contributed by atoms with van der Waals surface area (Å²) in [5.74, 6) is -0.618. The van der Waals surface area contributed by atoms with Gasteiger partial charge in [-0.15, -0.1) is 0 Å². The summed E-state index contributed by atoms with van der Waals surface area (Å²) < 4.78 is 6.71. The van der Waals surface area contributed by atoms with Crippen molar-refractivity contribution in [1.29, 1.82) is 5.26 Å². The average Bonchev–Trinajstić information content (AvgIpc) is 2.93. The van der Waals surface area contributed by atoms with E-state index in [-0.39, 0.29) is 12.2 Å². The maximum absolute atomic E-state index is 11.6. The van der Waals surface area contributed by atoms with Crippen LogP contribution in [0.2, 0.25) is 0 Å². The third-order valence-electron chi connectivity index (χ3n) is 2.85. The molecule has 1 aromatic heterocycles. The molecule has 1 aromatic carbocycles. The van der Waals surface area contributed by atoms with Crippen LogP contribution in [0.3, 0.4) is 0 Å². The van der Waals surface area contributed by atoms with Crippen LogP contribution < -0.4 is 0 Å². The number of hydrogen-bond acceptors (Lipinski definition) is 4. The molecular weight excluding hydrogens is 266 g/mol. The van der Waals surface area contributed by atoms with Crippen molar-refractivity contribution < 1.29 is 9.53 Å². The van der Waals surface area contributed by atoms with E-state index in [2.05, 4.69) is 4.98 Å². The van der Waals surface area contributed by atoms with E-state index in [0.717, 1.165) is 5.56 Å². The summed E-state index contributed by atoms with van der Waals surface area (Å²) in [5, 5.41) is 9.05. The Morgan fingerprint density at radius 3 is 2.86 bits per heavy atom. The largest absolute Gasteiger partial charge is 0.462 e. The molecule has 0 N–H and O–H groups in total. The first kappa shape index (κ1) is 14.5. The number of carbonyl (C=O) groups excluding carboxylic acids is 1. The van der Waals surface area contributed by atoms with E-state index in [1.54, 1.807) is 19.4 Å². The van der Waals surface area contributed by atoms with E-state index in [0.29, 0.717) is 12.2 Å². The zero-order chi connectivity index (χ0) is 15.1. The minimum Gasteiger partial charge on any atom is -0.462 e. The lowest BCUT2D eigenvalue weighted by Crippen LogP contribution is -2.07. The van der Waals surface area contributed by atoms with Crippen LogP contribution in [0, 0.1) is 11.3 Å². The Morgan fingerprint density at radius 1 is 1.43 bits per heavy atom. The van der Waals surface area contributed by atoms with Gasteiger partial charge < -0.3 is 9.30 Å². The normalized spacial score (nSPS) is 11.0. The van der Waals surface area contributed by atoms with Gasteiger partial charge in [0.2, 0.25) is 0 Å². The number of rotatable bonds is 5. The monoisotopic (exact) mass is 281 g/mol. The topological polar surface area (TPSA) is 67.9 Å².